The van der Waals surface area contributed by atoms with Crippen molar-refractivity contribution < 1.29 is 5.11 Å². The van der Waals surface area contributed by atoms with Gasteiger partial charge >= 0.3 is 0 Å². The van der Waals surface area contributed by atoms with Crippen molar-refractivity contribution in [2.75, 3.05) is 18.9 Å². The van der Waals surface area contributed by atoms with Crippen molar-refractivity contribution in [2.45, 2.75) is 31.1 Å². The molecule has 2 atom stereocenters. The van der Waals surface area contributed by atoms with E-state index in [0.29, 0.717) is 0 Å². The molecule has 1 aliphatic heterocycles. The standard InChI is InChI=1S/C8H17NOS/c1-7(6-10)9-5-8-3-2-4-11-8/h7-10H,2-6H2,1H3. The third-order valence-electron chi connectivity index (χ3n) is 1.99. The largest absolute Gasteiger partial charge is 0.395 e. The van der Waals surface area contributed by atoms with Gasteiger partial charge in [-0.3, -0.25) is 0 Å². The minimum Gasteiger partial charge on any atom is -0.395 e. The van der Waals surface area contributed by atoms with Crippen LogP contribution in [0.5, 0.6) is 0 Å². The number of hydrogen-bond donors (Lipinski definition) is 2. The van der Waals surface area contributed by atoms with Crippen molar-refractivity contribution >= 4 is 11.8 Å². The number of hydrogen-bond acceptors (Lipinski definition) is 3. The predicted molar refractivity (Wildman–Crippen MR) is 50.0 cm³/mol. The molecule has 1 saturated heterocycles. The second-order valence-corrected chi connectivity index (χ2v) is 4.54. The van der Waals surface area contributed by atoms with Crippen LogP contribution in [0.15, 0.2) is 0 Å². The molecule has 11 heavy (non-hydrogen) atoms. The molecule has 0 bridgehead atoms. The summed E-state index contributed by atoms with van der Waals surface area (Å²) in [6.45, 7) is 3.32. The van der Waals surface area contributed by atoms with Crippen molar-refractivity contribution in [1.82, 2.24) is 5.32 Å². The minimum atomic E-state index is 0.247. The Balaban J connectivity index is 2.01. The smallest absolute Gasteiger partial charge is 0.0581 e. The maximum atomic E-state index is 8.74. The molecule has 2 N–H and O–H groups in total. The summed E-state index contributed by atoms with van der Waals surface area (Å²) < 4.78 is 0. The fraction of sp³-hybridized carbons (Fsp3) is 1.00. The zero-order valence-electron chi connectivity index (χ0n) is 7.05. The second kappa shape index (κ2) is 5.01. The molecule has 0 aliphatic carbocycles. The summed E-state index contributed by atoms with van der Waals surface area (Å²) in [5, 5.41) is 12.8. The summed E-state index contributed by atoms with van der Waals surface area (Å²) >= 11 is 2.05. The van der Waals surface area contributed by atoms with Gasteiger partial charge in [-0.15, -0.1) is 0 Å². The molecule has 2 nitrogen and oxygen atoms in total. The zero-order valence-corrected chi connectivity index (χ0v) is 7.86. The Hall–Kier alpha value is 0.270. The van der Waals surface area contributed by atoms with Crippen LogP contribution in [0, 0.1) is 0 Å². The number of aliphatic hydroxyl groups excluding tert-OH is 1. The lowest BCUT2D eigenvalue weighted by molar-refractivity contribution is 0.252. The quantitative estimate of drug-likeness (QED) is 0.664. The molecule has 0 aromatic rings. The summed E-state index contributed by atoms with van der Waals surface area (Å²) in [5.74, 6) is 1.32. The molecule has 1 heterocycles. The number of thioether (sulfide) groups is 1. The van der Waals surface area contributed by atoms with Gasteiger partial charge in [0, 0.05) is 17.8 Å². The molecule has 0 radical (unpaired) electrons. The van der Waals surface area contributed by atoms with Gasteiger partial charge in [0.15, 0.2) is 0 Å². The highest BCUT2D eigenvalue weighted by Crippen LogP contribution is 2.25. The zero-order chi connectivity index (χ0) is 8.10. The van der Waals surface area contributed by atoms with E-state index in [-0.39, 0.29) is 12.6 Å². The maximum absolute atomic E-state index is 8.74. The lowest BCUT2D eigenvalue weighted by Gasteiger charge is -2.13. The van der Waals surface area contributed by atoms with Crippen LogP contribution in [0.25, 0.3) is 0 Å². The maximum Gasteiger partial charge on any atom is 0.0581 e. The average molecular weight is 175 g/mol. The third kappa shape index (κ3) is 3.45. The van der Waals surface area contributed by atoms with Crippen LogP contribution < -0.4 is 5.32 Å². The van der Waals surface area contributed by atoms with Gasteiger partial charge in [-0.2, -0.15) is 11.8 Å². The van der Waals surface area contributed by atoms with Crippen LogP contribution in [0.4, 0.5) is 0 Å². The molecule has 0 aromatic heterocycles. The molecule has 3 heteroatoms. The molecule has 2 unspecified atom stereocenters. The van der Waals surface area contributed by atoms with E-state index in [1.807, 2.05) is 6.92 Å². The molecule has 1 fully saturated rings. The van der Waals surface area contributed by atoms with Crippen LogP contribution in [0.2, 0.25) is 0 Å². The Bertz CT molecular complexity index is 104. The highest BCUT2D eigenvalue weighted by molar-refractivity contribution is 8.00. The van der Waals surface area contributed by atoms with Gasteiger partial charge in [-0.1, -0.05) is 0 Å². The normalized spacial score (nSPS) is 27.3. The highest BCUT2D eigenvalue weighted by Gasteiger charge is 2.15. The van der Waals surface area contributed by atoms with Gasteiger partial charge < -0.3 is 10.4 Å². The van der Waals surface area contributed by atoms with E-state index in [2.05, 4.69) is 17.1 Å². The Morgan fingerprint density at radius 1 is 1.73 bits per heavy atom. The minimum absolute atomic E-state index is 0.247. The third-order valence-corrected chi connectivity index (χ3v) is 3.39. The monoisotopic (exact) mass is 175 g/mol. The Labute approximate surface area is 72.8 Å². The predicted octanol–water partition coefficient (Wildman–Crippen LogP) is 0.852. The van der Waals surface area contributed by atoms with Crippen molar-refractivity contribution in [3.8, 4) is 0 Å². The molecule has 1 aliphatic rings. The fourth-order valence-electron chi connectivity index (χ4n) is 1.20. The van der Waals surface area contributed by atoms with E-state index >= 15 is 0 Å². The fourth-order valence-corrected chi connectivity index (χ4v) is 2.42. The van der Waals surface area contributed by atoms with Crippen LogP contribution in [-0.2, 0) is 0 Å². The van der Waals surface area contributed by atoms with E-state index in [0.717, 1.165) is 11.8 Å². The first kappa shape index (κ1) is 9.36. The summed E-state index contributed by atoms with van der Waals surface area (Å²) in [6.07, 6.45) is 2.71. The SMILES string of the molecule is CC(CO)NCC1CCCS1. The van der Waals surface area contributed by atoms with Crippen LogP contribution in [0.1, 0.15) is 19.8 Å². The van der Waals surface area contributed by atoms with E-state index < -0.39 is 0 Å². The van der Waals surface area contributed by atoms with Crippen LogP contribution >= 0.6 is 11.8 Å². The Morgan fingerprint density at radius 3 is 3.09 bits per heavy atom. The lowest BCUT2D eigenvalue weighted by Crippen LogP contribution is -2.34. The van der Waals surface area contributed by atoms with Crippen LogP contribution in [0.3, 0.4) is 0 Å². The van der Waals surface area contributed by atoms with E-state index in [1.165, 1.54) is 18.6 Å². The molecule has 0 spiro atoms. The second-order valence-electron chi connectivity index (χ2n) is 3.13. The first-order valence-corrected chi connectivity index (χ1v) is 5.33. The number of rotatable bonds is 4. The molecular formula is C8H17NOS. The summed E-state index contributed by atoms with van der Waals surface area (Å²) in [6, 6.07) is 0.260. The van der Waals surface area contributed by atoms with Gasteiger partial charge in [0.2, 0.25) is 0 Å². The molecule has 0 saturated carbocycles. The number of aliphatic hydroxyl groups is 1. The molecule has 0 aromatic carbocycles. The molecule has 1 rings (SSSR count). The van der Waals surface area contributed by atoms with Gasteiger partial charge in [-0.25, -0.2) is 0 Å². The van der Waals surface area contributed by atoms with Crippen molar-refractivity contribution in [2.24, 2.45) is 0 Å². The molecule has 66 valence electrons. The first-order valence-electron chi connectivity index (χ1n) is 4.28. The van der Waals surface area contributed by atoms with E-state index in [4.69, 9.17) is 5.11 Å². The van der Waals surface area contributed by atoms with Crippen molar-refractivity contribution in [1.29, 1.82) is 0 Å². The van der Waals surface area contributed by atoms with Gasteiger partial charge in [0.25, 0.3) is 0 Å². The highest BCUT2D eigenvalue weighted by atomic mass is 32.2. The van der Waals surface area contributed by atoms with Crippen molar-refractivity contribution in [3.63, 3.8) is 0 Å². The van der Waals surface area contributed by atoms with Crippen LogP contribution in [-0.4, -0.2) is 35.3 Å². The summed E-state index contributed by atoms with van der Waals surface area (Å²) in [7, 11) is 0. The van der Waals surface area contributed by atoms with Gasteiger partial charge in [-0.05, 0) is 25.5 Å². The Morgan fingerprint density at radius 2 is 2.55 bits per heavy atom. The lowest BCUT2D eigenvalue weighted by atomic mass is 10.2. The van der Waals surface area contributed by atoms with Crippen molar-refractivity contribution in [3.05, 3.63) is 0 Å². The molecule has 0 amide bonds. The van der Waals surface area contributed by atoms with Gasteiger partial charge in [0.1, 0.15) is 0 Å². The summed E-state index contributed by atoms with van der Waals surface area (Å²) in [4.78, 5) is 0. The Kier molecular flexibility index (Phi) is 4.26. The van der Waals surface area contributed by atoms with E-state index in [9.17, 15) is 0 Å². The van der Waals surface area contributed by atoms with Gasteiger partial charge in [0.05, 0.1) is 6.61 Å². The topological polar surface area (TPSA) is 32.3 Å². The first-order chi connectivity index (χ1) is 5.33. The average Bonchev–Trinajstić information content (AvgIpc) is 2.52. The number of nitrogens with one attached hydrogen (secondary N) is 1. The van der Waals surface area contributed by atoms with E-state index in [1.54, 1.807) is 0 Å². The summed E-state index contributed by atoms with van der Waals surface area (Å²) in [5.41, 5.74) is 0. The molecular weight excluding hydrogens is 158 g/mol.